The molecule has 0 bridgehead atoms. The van der Waals surface area contributed by atoms with Crippen molar-refractivity contribution in [3.05, 3.63) is 18.2 Å². The maximum Gasteiger partial charge on any atom is 0.288 e. The molecule has 1 aromatic heterocycles. The molecule has 0 saturated carbocycles. The molecule has 120 valence electrons. The molecule has 1 heterocycles. The van der Waals surface area contributed by atoms with Crippen molar-refractivity contribution < 1.29 is 15.0 Å². The van der Waals surface area contributed by atoms with E-state index in [0.29, 0.717) is 16.5 Å². The minimum Gasteiger partial charge on any atom is -0.508 e. The highest BCUT2D eigenvalue weighted by Crippen LogP contribution is 2.32. The number of nitrogens with zero attached hydrogens (tertiary/aromatic N) is 4. The van der Waals surface area contributed by atoms with Gasteiger partial charge in [0, 0.05) is 39.0 Å². The summed E-state index contributed by atoms with van der Waals surface area (Å²) in [5.41, 5.74) is 0.432. The molecule has 8 heteroatoms. The lowest BCUT2D eigenvalue weighted by atomic mass is 10.2. The number of aromatic nitrogens is 3. The summed E-state index contributed by atoms with van der Waals surface area (Å²) >= 11 is 0.948. The molecule has 0 spiro atoms. The average Bonchev–Trinajstić information content (AvgIpc) is 2.82. The van der Waals surface area contributed by atoms with Gasteiger partial charge >= 0.3 is 0 Å². The molecule has 0 saturated heterocycles. The number of benzene rings is 1. The zero-order valence-electron chi connectivity index (χ0n) is 13.2. The fourth-order valence-electron chi connectivity index (χ4n) is 1.52. The first kappa shape index (κ1) is 17.8. The largest absolute Gasteiger partial charge is 0.508 e. The Balaban J connectivity index is 0.00000116. The summed E-state index contributed by atoms with van der Waals surface area (Å²) in [6, 6.07) is 4.21. The Kier molecular flexibility index (Phi) is 6.24. The van der Waals surface area contributed by atoms with Crippen LogP contribution in [0.3, 0.4) is 0 Å². The third kappa shape index (κ3) is 3.91. The van der Waals surface area contributed by atoms with E-state index in [4.69, 9.17) is 0 Å². The Morgan fingerprint density at radius 1 is 1.23 bits per heavy atom. The molecule has 22 heavy (non-hydrogen) atoms. The van der Waals surface area contributed by atoms with Crippen molar-refractivity contribution >= 4 is 17.0 Å². The standard InChI is InChI=1S/C12H14N4O3S.C2H6/c1-15(2)12(19)20-11-14-13-10(16(11)3)8-5-4-7(17)6-9(8)18;1-2/h4-6,17-18H,1-3H3;1-2H3. The zero-order valence-corrected chi connectivity index (χ0v) is 14.0. The Labute approximate surface area is 133 Å². The van der Waals surface area contributed by atoms with E-state index >= 15 is 0 Å². The van der Waals surface area contributed by atoms with Gasteiger partial charge in [0.05, 0.1) is 5.56 Å². The van der Waals surface area contributed by atoms with Crippen molar-refractivity contribution in [2.45, 2.75) is 19.0 Å². The number of carbonyl (C=O) groups excluding carboxylic acids is 1. The van der Waals surface area contributed by atoms with Crippen molar-refractivity contribution in [1.82, 2.24) is 19.7 Å². The third-order valence-corrected chi connectivity index (χ3v) is 3.68. The van der Waals surface area contributed by atoms with Crippen LogP contribution in [0.2, 0.25) is 0 Å². The molecule has 1 aromatic carbocycles. The van der Waals surface area contributed by atoms with Crippen molar-refractivity contribution in [3.63, 3.8) is 0 Å². The third-order valence-electron chi connectivity index (χ3n) is 2.60. The lowest BCUT2D eigenvalue weighted by Gasteiger charge is -2.09. The van der Waals surface area contributed by atoms with Crippen molar-refractivity contribution in [2.75, 3.05) is 14.1 Å². The van der Waals surface area contributed by atoms with Crippen LogP contribution in [0.5, 0.6) is 11.5 Å². The predicted molar refractivity (Wildman–Crippen MR) is 86.1 cm³/mol. The second-order valence-corrected chi connectivity index (χ2v) is 5.25. The normalized spacial score (nSPS) is 9.86. The molecule has 0 fully saturated rings. The predicted octanol–water partition coefficient (Wildman–Crippen LogP) is 2.69. The van der Waals surface area contributed by atoms with Gasteiger partial charge in [0.25, 0.3) is 5.24 Å². The van der Waals surface area contributed by atoms with Gasteiger partial charge in [-0.3, -0.25) is 4.79 Å². The van der Waals surface area contributed by atoms with Crippen LogP contribution in [0.25, 0.3) is 11.4 Å². The lowest BCUT2D eigenvalue weighted by molar-refractivity contribution is 0.241. The first-order valence-electron chi connectivity index (χ1n) is 6.71. The minimum absolute atomic E-state index is 0.0363. The van der Waals surface area contributed by atoms with Gasteiger partial charge in [-0.2, -0.15) is 0 Å². The second-order valence-electron chi connectivity index (χ2n) is 4.33. The SMILES string of the molecule is CC.CN(C)C(=O)Sc1nnc(-c2ccc(O)cc2O)n1C. The zero-order chi connectivity index (χ0) is 16.9. The quantitative estimate of drug-likeness (QED) is 0.825. The Morgan fingerprint density at radius 3 is 2.41 bits per heavy atom. The van der Waals surface area contributed by atoms with E-state index in [2.05, 4.69) is 10.2 Å². The number of phenols is 2. The van der Waals surface area contributed by atoms with Crippen LogP contribution < -0.4 is 0 Å². The highest BCUT2D eigenvalue weighted by Gasteiger charge is 2.17. The van der Waals surface area contributed by atoms with Gasteiger partial charge < -0.3 is 19.7 Å². The van der Waals surface area contributed by atoms with Crippen LogP contribution in [-0.2, 0) is 7.05 Å². The summed E-state index contributed by atoms with van der Waals surface area (Å²) in [5, 5.41) is 27.3. The average molecular weight is 324 g/mol. The van der Waals surface area contributed by atoms with Gasteiger partial charge in [0.1, 0.15) is 11.5 Å². The Hall–Kier alpha value is -2.22. The number of phenolic OH excluding ortho intramolecular Hbond substituents is 2. The number of hydrogen-bond donors (Lipinski definition) is 2. The van der Waals surface area contributed by atoms with Gasteiger partial charge in [0.15, 0.2) is 5.82 Å². The van der Waals surface area contributed by atoms with Crippen LogP contribution in [0.15, 0.2) is 23.4 Å². The maximum atomic E-state index is 11.6. The summed E-state index contributed by atoms with van der Waals surface area (Å²) in [5.74, 6) is 0.276. The molecule has 0 unspecified atom stereocenters. The fourth-order valence-corrected chi connectivity index (χ4v) is 2.16. The number of amides is 1. The van der Waals surface area contributed by atoms with E-state index < -0.39 is 0 Å². The first-order chi connectivity index (χ1) is 10.4. The van der Waals surface area contributed by atoms with Crippen LogP contribution >= 0.6 is 11.8 Å². The van der Waals surface area contributed by atoms with Gasteiger partial charge in [-0.05, 0) is 12.1 Å². The number of hydrogen-bond acceptors (Lipinski definition) is 6. The molecule has 7 nitrogen and oxygen atoms in total. The fraction of sp³-hybridized carbons (Fsp3) is 0.357. The van der Waals surface area contributed by atoms with Crippen molar-refractivity contribution in [2.24, 2.45) is 7.05 Å². The topological polar surface area (TPSA) is 91.5 Å². The number of carbonyl (C=O) groups is 1. The molecular formula is C14H20N4O3S. The van der Waals surface area contributed by atoms with Gasteiger partial charge in [-0.25, -0.2) is 0 Å². The molecule has 2 aromatic rings. The maximum absolute atomic E-state index is 11.6. The van der Waals surface area contributed by atoms with E-state index in [1.54, 1.807) is 25.7 Å². The minimum atomic E-state index is -0.165. The highest BCUT2D eigenvalue weighted by molar-refractivity contribution is 8.13. The Bertz CT molecular complexity index is 656. The number of aromatic hydroxyl groups is 2. The molecule has 0 aliphatic heterocycles. The van der Waals surface area contributed by atoms with Gasteiger partial charge in [0.2, 0.25) is 5.16 Å². The molecule has 0 atom stereocenters. The molecular weight excluding hydrogens is 304 g/mol. The van der Waals surface area contributed by atoms with Crippen LogP contribution in [0.1, 0.15) is 13.8 Å². The van der Waals surface area contributed by atoms with E-state index in [1.807, 2.05) is 13.8 Å². The summed E-state index contributed by atoms with van der Waals surface area (Å²) in [7, 11) is 5.00. The van der Waals surface area contributed by atoms with Crippen LogP contribution in [-0.4, -0.2) is 49.2 Å². The molecule has 2 N–H and O–H groups in total. The number of rotatable bonds is 2. The molecule has 0 aliphatic rings. The summed E-state index contributed by atoms with van der Waals surface area (Å²) in [6.07, 6.45) is 0. The molecule has 0 radical (unpaired) electrons. The smallest absolute Gasteiger partial charge is 0.288 e. The molecule has 1 amide bonds. The van der Waals surface area contributed by atoms with Crippen molar-refractivity contribution in [3.8, 4) is 22.9 Å². The summed E-state index contributed by atoms with van der Waals surface area (Å²) in [6.45, 7) is 4.00. The van der Waals surface area contributed by atoms with Crippen molar-refractivity contribution in [1.29, 1.82) is 0 Å². The molecule has 2 rings (SSSR count). The van der Waals surface area contributed by atoms with Crippen LogP contribution in [0, 0.1) is 0 Å². The summed E-state index contributed by atoms with van der Waals surface area (Å²) < 4.78 is 1.61. The van der Waals surface area contributed by atoms with E-state index in [0.717, 1.165) is 11.8 Å². The van der Waals surface area contributed by atoms with Gasteiger partial charge in [-0.15, -0.1) is 10.2 Å². The van der Waals surface area contributed by atoms with E-state index in [1.165, 1.54) is 23.1 Å². The summed E-state index contributed by atoms with van der Waals surface area (Å²) in [4.78, 5) is 13.1. The van der Waals surface area contributed by atoms with Gasteiger partial charge in [-0.1, -0.05) is 13.8 Å². The van der Waals surface area contributed by atoms with Crippen LogP contribution in [0.4, 0.5) is 4.79 Å². The highest BCUT2D eigenvalue weighted by atomic mass is 32.2. The molecule has 0 aliphatic carbocycles. The first-order valence-corrected chi connectivity index (χ1v) is 7.52. The van der Waals surface area contributed by atoms with E-state index in [-0.39, 0.29) is 16.7 Å². The number of thioether (sulfide) groups is 1. The van der Waals surface area contributed by atoms with E-state index in [9.17, 15) is 15.0 Å². The Morgan fingerprint density at radius 2 is 1.86 bits per heavy atom. The monoisotopic (exact) mass is 324 g/mol. The second kappa shape index (κ2) is 7.69. The lowest BCUT2D eigenvalue weighted by Crippen LogP contribution is -2.16.